The fraction of sp³-hybridized carbons (Fsp3) is 0.667. The Kier molecular flexibility index (Phi) is 6.35. The van der Waals surface area contributed by atoms with Crippen LogP contribution in [-0.2, 0) is 11.2 Å². The maximum absolute atomic E-state index is 12.3. The number of benzene rings is 1. The standard InChI is InChI=1S/C21H33N3O/c1-3-17(2)22-19-10-14-23(15-11-19)20-8-6-18(7-9-20)16-21(25)24-12-4-5-13-24/h6-9,17,19,22H,3-5,10-16H2,1-2H3/t17-/m1/s1. The van der Waals surface area contributed by atoms with Crippen LogP contribution in [0, 0.1) is 0 Å². The minimum atomic E-state index is 0.280. The zero-order valence-electron chi connectivity index (χ0n) is 15.8. The van der Waals surface area contributed by atoms with Gasteiger partial charge in [-0.15, -0.1) is 0 Å². The number of carbonyl (C=O) groups is 1. The molecule has 2 saturated heterocycles. The molecule has 1 N–H and O–H groups in total. The van der Waals surface area contributed by atoms with Crippen molar-refractivity contribution in [3.63, 3.8) is 0 Å². The monoisotopic (exact) mass is 343 g/mol. The Labute approximate surface area is 152 Å². The van der Waals surface area contributed by atoms with Gasteiger partial charge in [0.05, 0.1) is 6.42 Å². The Morgan fingerprint density at radius 2 is 1.76 bits per heavy atom. The fourth-order valence-corrected chi connectivity index (χ4v) is 3.90. The maximum atomic E-state index is 12.3. The van der Waals surface area contributed by atoms with Crippen LogP contribution in [0.4, 0.5) is 5.69 Å². The molecule has 4 heteroatoms. The third kappa shape index (κ3) is 4.97. The van der Waals surface area contributed by atoms with E-state index < -0.39 is 0 Å². The van der Waals surface area contributed by atoms with Crippen LogP contribution in [0.2, 0.25) is 0 Å². The second kappa shape index (κ2) is 8.70. The summed E-state index contributed by atoms with van der Waals surface area (Å²) in [6.07, 6.45) is 6.47. The van der Waals surface area contributed by atoms with Crippen LogP contribution in [0.3, 0.4) is 0 Å². The molecule has 1 amide bonds. The number of nitrogens with one attached hydrogen (secondary N) is 1. The number of rotatable bonds is 6. The molecule has 2 heterocycles. The van der Waals surface area contributed by atoms with Gasteiger partial charge in [-0.3, -0.25) is 4.79 Å². The number of amides is 1. The molecule has 0 aromatic heterocycles. The van der Waals surface area contributed by atoms with Crippen molar-refractivity contribution in [2.45, 2.75) is 64.5 Å². The van der Waals surface area contributed by atoms with Crippen LogP contribution >= 0.6 is 0 Å². The smallest absolute Gasteiger partial charge is 0.226 e. The summed E-state index contributed by atoms with van der Waals surface area (Å²) in [5, 5.41) is 3.73. The molecule has 0 radical (unpaired) electrons. The number of anilines is 1. The quantitative estimate of drug-likeness (QED) is 0.861. The highest BCUT2D eigenvalue weighted by Gasteiger charge is 2.21. The molecule has 2 aliphatic heterocycles. The minimum absolute atomic E-state index is 0.280. The van der Waals surface area contributed by atoms with Crippen LogP contribution in [0.15, 0.2) is 24.3 Å². The first kappa shape index (κ1) is 18.2. The molecule has 138 valence electrons. The molecule has 2 aliphatic rings. The average Bonchev–Trinajstić information content (AvgIpc) is 3.18. The van der Waals surface area contributed by atoms with E-state index in [-0.39, 0.29) is 5.91 Å². The summed E-state index contributed by atoms with van der Waals surface area (Å²) in [5.74, 6) is 0.280. The van der Waals surface area contributed by atoms with E-state index in [2.05, 4.69) is 48.3 Å². The summed E-state index contributed by atoms with van der Waals surface area (Å²) in [6, 6.07) is 9.91. The van der Waals surface area contributed by atoms with Gasteiger partial charge >= 0.3 is 0 Å². The van der Waals surface area contributed by atoms with E-state index in [4.69, 9.17) is 0 Å². The summed E-state index contributed by atoms with van der Waals surface area (Å²) in [5.41, 5.74) is 2.42. The van der Waals surface area contributed by atoms with E-state index in [1.54, 1.807) is 0 Å². The Morgan fingerprint density at radius 1 is 1.12 bits per heavy atom. The number of likely N-dealkylation sites (tertiary alicyclic amines) is 1. The van der Waals surface area contributed by atoms with Crippen LogP contribution in [0.1, 0.15) is 51.5 Å². The Balaban J connectivity index is 1.48. The third-order valence-corrected chi connectivity index (χ3v) is 5.74. The molecule has 1 atom stereocenters. The summed E-state index contributed by atoms with van der Waals surface area (Å²) < 4.78 is 0. The lowest BCUT2D eigenvalue weighted by Crippen LogP contribution is -2.45. The van der Waals surface area contributed by atoms with E-state index in [0.29, 0.717) is 18.5 Å². The van der Waals surface area contributed by atoms with E-state index in [0.717, 1.165) is 44.6 Å². The van der Waals surface area contributed by atoms with E-state index in [1.165, 1.54) is 24.9 Å². The van der Waals surface area contributed by atoms with Crippen molar-refractivity contribution in [3.8, 4) is 0 Å². The summed E-state index contributed by atoms with van der Waals surface area (Å²) in [4.78, 5) is 16.7. The van der Waals surface area contributed by atoms with Crippen molar-refractivity contribution in [3.05, 3.63) is 29.8 Å². The van der Waals surface area contributed by atoms with Crippen LogP contribution in [0.5, 0.6) is 0 Å². The molecule has 0 spiro atoms. The number of hydrogen-bond acceptors (Lipinski definition) is 3. The second-order valence-corrected chi connectivity index (χ2v) is 7.67. The minimum Gasteiger partial charge on any atom is -0.371 e. The highest BCUT2D eigenvalue weighted by Crippen LogP contribution is 2.21. The normalized spacial score (nSPS) is 20.1. The molecule has 0 aliphatic carbocycles. The van der Waals surface area contributed by atoms with E-state index >= 15 is 0 Å². The Morgan fingerprint density at radius 3 is 2.36 bits per heavy atom. The van der Waals surface area contributed by atoms with Gasteiger partial charge in [-0.1, -0.05) is 19.1 Å². The van der Waals surface area contributed by atoms with Crippen LogP contribution in [0.25, 0.3) is 0 Å². The molecule has 0 bridgehead atoms. The largest absolute Gasteiger partial charge is 0.371 e. The van der Waals surface area contributed by atoms with Crippen molar-refractivity contribution >= 4 is 11.6 Å². The first-order chi connectivity index (χ1) is 12.2. The zero-order valence-corrected chi connectivity index (χ0v) is 15.8. The predicted octanol–water partition coefficient (Wildman–Crippen LogP) is 3.21. The molecule has 3 rings (SSSR count). The van der Waals surface area contributed by atoms with Gasteiger partial charge in [-0.2, -0.15) is 0 Å². The molecular formula is C21H33N3O. The van der Waals surface area contributed by atoms with Crippen molar-refractivity contribution in [1.29, 1.82) is 0 Å². The van der Waals surface area contributed by atoms with Crippen LogP contribution < -0.4 is 10.2 Å². The van der Waals surface area contributed by atoms with Crippen molar-refractivity contribution in [2.75, 3.05) is 31.1 Å². The van der Waals surface area contributed by atoms with Gasteiger partial charge in [0, 0.05) is 44.0 Å². The highest BCUT2D eigenvalue weighted by atomic mass is 16.2. The molecular weight excluding hydrogens is 310 g/mol. The number of nitrogens with zero attached hydrogens (tertiary/aromatic N) is 2. The first-order valence-corrected chi connectivity index (χ1v) is 10.0. The van der Waals surface area contributed by atoms with Crippen LogP contribution in [-0.4, -0.2) is 49.1 Å². The maximum Gasteiger partial charge on any atom is 0.226 e. The lowest BCUT2D eigenvalue weighted by molar-refractivity contribution is -0.129. The van der Waals surface area contributed by atoms with Gasteiger partial charge in [-0.25, -0.2) is 0 Å². The van der Waals surface area contributed by atoms with E-state index in [1.807, 2.05) is 4.90 Å². The highest BCUT2D eigenvalue weighted by molar-refractivity contribution is 5.79. The molecule has 25 heavy (non-hydrogen) atoms. The first-order valence-electron chi connectivity index (χ1n) is 10.0. The SMILES string of the molecule is CC[C@@H](C)NC1CCN(c2ccc(CC(=O)N3CCCC3)cc2)CC1. The molecule has 0 unspecified atom stereocenters. The van der Waals surface area contributed by atoms with Gasteiger partial charge in [0.25, 0.3) is 0 Å². The summed E-state index contributed by atoms with van der Waals surface area (Å²) in [7, 11) is 0. The lowest BCUT2D eigenvalue weighted by atomic mass is 10.0. The average molecular weight is 344 g/mol. The number of carbonyl (C=O) groups excluding carboxylic acids is 1. The second-order valence-electron chi connectivity index (χ2n) is 7.67. The molecule has 1 aromatic rings. The number of hydrogen-bond donors (Lipinski definition) is 1. The van der Waals surface area contributed by atoms with Crippen molar-refractivity contribution in [2.24, 2.45) is 0 Å². The zero-order chi connectivity index (χ0) is 17.6. The van der Waals surface area contributed by atoms with Gasteiger partial charge in [0.15, 0.2) is 0 Å². The Hall–Kier alpha value is -1.55. The van der Waals surface area contributed by atoms with Gasteiger partial charge in [0.1, 0.15) is 0 Å². The topological polar surface area (TPSA) is 35.6 Å². The molecule has 1 aromatic carbocycles. The fourth-order valence-electron chi connectivity index (χ4n) is 3.90. The third-order valence-electron chi connectivity index (χ3n) is 5.74. The van der Waals surface area contributed by atoms with Gasteiger partial charge in [0.2, 0.25) is 5.91 Å². The lowest BCUT2D eigenvalue weighted by Gasteiger charge is -2.35. The van der Waals surface area contributed by atoms with Gasteiger partial charge in [-0.05, 0) is 56.7 Å². The van der Waals surface area contributed by atoms with E-state index in [9.17, 15) is 4.79 Å². The predicted molar refractivity (Wildman–Crippen MR) is 104 cm³/mol. The molecule has 0 saturated carbocycles. The van der Waals surface area contributed by atoms with Gasteiger partial charge < -0.3 is 15.1 Å². The van der Waals surface area contributed by atoms with Crippen molar-refractivity contribution in [1.82, 2.24) is 10.2 Å². The summed E-state index contributed by atoms with van der Waals surface area (Å²) in [6.45, 7) is 8.62. The Bertz CT molecular complexity index is 543. The van der Waals surface area contributed by atoms with Crippen molar-refractivity contribution < 1.29 is 4.79 Å². The molecule has 4 nitrogen and oxygen atoms in total. The summed E-state index contributed by atoms with van der Waals surface area (Å²) >= 11 is 0. The number of piperidine rings is 1. The molecule has 2 fully saturated rings.